The van der Waals surface area contributed by atoms with E-state index in [0.717, 1.165) is 11.1 Å². The summed E-state index contributed by atoms with van der Waals surface area (Å²) in [5, 5.41) is 12.0. The molecule has 0 unspecified atom stereocenters. The van der Waals surface area contributed by atoms with Crippen LogP contribution in [0.1, 0.15) is 22.8 Å². The molecule has 1 fully saturated rings. The molecule has 0 radical (unpaired) electrons. The monoisotopic (exact) mass is 395 g/mol. The third kappa shape index (κ3) is 4.63. The molecule has 0 aliphatic carbocycles. The predicted octanol–water partition coefficient (Wildman–Crippen LogP) is 1.83. The minimum atomic E-state index is -0.951. The standard InChI is InChI=1S/C22H25N3O4/c1-15(26)25-12-11-24(14-20(25)21(27)23-2)13-16-7-9-17(10-8-16)18-5-3-4-6-19(18)22(28)29/h3-10,20H,11-14H2,1-2H3,(H,23,27)(H,28,29)/t20-/m1/s1. The summed E-state index contributed by atoms with van der Waals surface area (Å²) in [6.45, 7) is 3.82. The van der Waals surface area contributed by atoms with Crippen molar-refractivity contribution in [2.24, 2.45) is 0 Å². The Balaban J connectivity index is 1.73. The lowest BCUT2D eigenvalue weighted by molar-refractivity contribution is -0.142. The fourth-order valence-corrected chi connectivity index (χ4v) is 3.72. The van der Waals surface area contributed by atoms with Gasteiger partial charge in [-0.1, -0.05) is 42.5 Å². The fraction of sp³-hybridized carbons (Fsp3) is 0.318. The zero-order chi connectivity index (χ0) is 21.0. The van der Waals surface area contributed by atoms with Crippen LogP contribution in [0.4, 0.5) is 0 Å². The van der Waals surface area contributed by atoms with Crippen molar-refractivity contribution in [3.63, 3.8) is 0 Å². The maximum absolute atomic E-state index is 12.2. The number of piperazine rings is 1. The van der Waals surface area contributed by atoms with Gasteiger partial charge in [0.15, 0.2) is 0 Å². The van der Waals surface area contributed by atoms with E-state index in [4.69, 9.17) is 0 Å². The van der Waals surface area contributed by atoms with Gasteiger partial charge in [0.1, 0.15) is 6.04 Å². The maximum Gasteiger partial charge on any atom is 0.336 e. The Kier molecular flexibility index (Phi) is 6.29. The summed E-state index contributed by atoms with van der Waals surface area (Å²) in [4.78, 5) is 39.2. The van der Waals surface area contributed by atoms with Crippen molar-refractivity contribution < 1.29 is 19.5 Å². The average molecular weight is 395 g/mol. The molecule has 1 heterocycles. The third-order valence-electron chi connectivity index (χ3n) is 5.25. The van der Waals surface area contributed by atoms with Crippen molar-refractivity contribution >= 4 is 17.8 Å². The van der Waals surface area contributed by atoms with Crippen molar-refractivity contribution in [2.45, 2.75) is 19.5 Å². The largest absolute Gasteiger partial charge is 0.478 e. The maximum atomic E-state index is 12.2. The van der Waals surface area contributed by atoms with Crippen LogP contribution in [0.5, 0.6) is 0 Å². The molecular weight excluding hydrogens is 370 g/mol. The summed E-state index contributed by atoms with van der Waals surface area (Å²) in [7, 11) is 1.58. The van der Waals surface area contributed by atoms with Gasteiger partial charge in [-0.2, -0.15) is 0 Å². The lowest BCUT2D eigenvalue weighted by Gasteiger charge is -2.40. The van der Waals surface area contributed by atoms with E-state index in [1.54, 1.807) is 30.1 Å². The molecule has 1 aliphatic rings. The number of hydrogen-bond donors (Lipinski definition) is 2. The Hall–Kier alpha value is -3.19. The number of nitrogens with one attached hydrogen (secondary N) is 1. The molecule has 1 atom stereocenters. The first-order valence-electron chi connectivity index (χ1n) is 9.53. The van der Waals surface area contributed by atoms with Gasteiger partial charge in [0.05, 0.1) is 5.56 Å². The van der Waals surface area contributed by atoms with Gasteiger partial charge in [0.2, 0.25) is 11.8 Å². The zero-order valence-corrected chi connectivity index (χ0v) is 16.6. The molecule has 0 saturated carbocycles. The van der Waals surface area contributed by atoms with Crippen LogP contribution in [0.2, 0.25) is 0 Å². The van der Waals surface area contributed by atoms with Crippen molar-refractivity contribution in [3.8, 4) is 11.1 Å². The van der Waals surface area contributed by atoms with Crippen LogP contribution in [0, 0.1) is 0 Å². The number of amides is 2. The van der Waals surface area contributed by atoms with Gasteiger partial charge in [-0.15, -0.1) is 0 Å². The summed E-state index contributed by atoms with van der Waals surface area (Å²) < 4.78 is 0. The Morgan fingerprint density at radius 3 is 2.38 bits per heavy atom. The predicted molar refractivity (Wildman–Crippen MR) is 109 cm³/mol. The van der Waals surface area contributed by atoms with E-state index in [2.05, 4.69) is 10.2 Å². The quantitative estimate of drug-likeness (QED) is 0.806. The SMILES string of the molecule is CNC(=O)[C@H]1CN(Cc2ccc(-c3ccccc3C(=O)O)cc2)CCN1C(C)=O. The Morgan fingerprint density at radius 2 is 1.76 bits per heavy atom. The molecule has 0 bridgehead atoms. The molecule has 2 amide bonds. The van der Waals surface area contributed by atoms with Crippen LogP contribution in [0.3, 0.4) is 0 Å². The van der Waals surface area contributed by atoms with Crippen LogP contribution in [0.25, 0.3) is 11.1 Å². The highest BCUT2D eigenvalue weighted by atomic mass is 16.4. The van der Waals surface area contributed by atoms with Gasteiger partial charge in [-0.3, -0.25) is 14.5 Å². The number of likely N-dealkylation sites (N-methyl/N-ethyl adjacent to an activating group) is 1. The number of carboxylic acids is 1. The van der Waals surface area contributed by atoms with E-state index in [9.17, 15) is 19.5 Å². The number of carbonyl (C=O) groups excluding carboxylic acids is 2. The van der Waals surface area contributed by atoms with E-state index in [1.165, 1.54) is 6.92 Å². The number of rotatable bonds is 5. The second kappa shape index (κ2) is 8.87. The normalized spacial score (nSPS) is 17.0. The van der Waals surface area contributed by atoms with Gasteiger partial charge >= 0.3 is 5.97 Å². The molecule has 3 rings (SSSR count). The van der Waals surface area contributed by atoms with E-state index >= 15 is 0 Å². The second-order valence-electron chi connectivity index (χ2n) is 7.13. The van der Waals surface area contributed by atoms with E-state index in [-0.39, 0.29) is 17.4 Å². The van der Waals surface area contributed by atoms with Crippen molar-refractivity contribution in [1.82, 2.24) is 15.1 Å². The Morgan fingerprint density at radius 1 is 1.07 bits per heavy atom. The number of aromatic carboxylic acids is 1. The molecule has 1 saturated heterocycles. The average Bonchev–Trinajstić information content (AvgIpc) is 2.73. The summed E-state index contributed by atoms with van der Waals surface area (Å²) >= 11 is 0. The van der Waals surface area contributed by atoms with Gasteiger partial charge in [0, 0.05) is 40.2 Å². The summed E-state index contributed by atoms with van der Waals surface area (Å²) in [6.07, 6.45) is 0. The molecule has 2 aromatic rings. The third-order valence-corrected chi connectivity index (χ3v) is 5.25. The Labute approximate surface area is 169 Å². The van der Waals surface area contributed by atoms with Crippen molar-refractivity contribution in [3.05, 3.63) is 59.7 Å². The highest BCUT2D eigenvalue weighted by Crippen LogP contribution is 2.25. The number of benzene rings is 2. The van der Waals surface area contributed by atoms with Crippen molar-refractivity contribution in [1.29, 1.82) is 0 Å². The highest BCUT2D eigenvalue weighted by molar-refractivity contribution is 5.96. The van der Waals surface area contributed by atoms with Crippen LogP contribution in [-0.4, -0.2) is 65.4 Å². The Bertz CT molecular complexity index is 911. The summed E-state index contributed by atoms with van der Waals surface area (Å²) in [5.41, 5.74) is 2.86. The fourth-order valence-electron chi connectivity index (χ4n) is 3.72. The first-order chi connectivity index (χ1) is 13.9. The molecule has 2 aromatic carbocycles. The molecule has 0 aromatic heterocycles. The molecule has 29 heavy (non-hydrogen) atoms. The van der Waals surface area contributed by atoms with Crippen molar-refractivity contribution in [2.75, 3.05) is 26.7 Å². The smallest absolute Gasteiger partial charge is 0.336 e. The van der Waals surface area contributed by atoms with Gasteiger partial charge < -0.3 is 15.3 Å². The minimum absolute atomic E-state index is 0.0975. The van der Waals surface area contributed by atoms with Gasteiger partial charge in [0.25, 0.3) is 0 Å². The number of carboxylic acid groups (broad SMARTS) is 1. The van der Waals surface area contributed by atoms with E-state index in [0.29, 0.717) is 31.7 Å². The van der Waals surface area contributed by atoms with Crippen LogP contribution < -0.4 is 5.32 Å². The topological polar surface area (TPSA) is 89.9 Å². The summed E-state index contributed by atoms with van der Waals surface area (Å²) in [6, 6.07) is 14.2. The number of carbonyl (C=O) groups is 3. The van der Waals surface area contributed by atoms with Gasteiger partial charge in [-0.25, -0.2) is 4.79 Å². The molecule has 1 aliphatic heterocycles. The molecular formula is C22H25N3O4. The number of hydrogen-bond acceptors (Lipinski definition) is 4. The first kappa shape index (κ1) is 20.5. The lowest BCUT2D eigenvalue weighted by Crippen LogP contribution is -2.59. The van der Waals surface area contributed by atoms with Crippen LogP contribution >= 0.6 is 0 Å². The molecule has 152 valence electrons. The summed E-state index contributed by atoms with van der Waals surface area (Å²) in [5.74, 6) is -1.21. The molecule has 2 N–H and O–H groups in total. The van der Waals surface area contributed by atoms with Gasteiger partial charge in [-0.05, 0) is 22.8 Å². The highest BCUT2D eigenvalue weighted by Gasteiger charge is 2.33. The molecule has 7 nitrogen and oxygen atoms in total. The van der Waals surface area contributed by atoms with E-state index < -0.39 is 12.0 Å². The second-order valence-corrected chi connectivity index (χ2v) is 7.13. The molecule has 0 spiro atoms. The zero-order valence-electron chi connectivity index (χ0n) is 16.6. The minimum Gasteiger partial charge on any atom is -0.478 e. The first-order valence-corrected chi connectivity index (χ1v) is 9.53. The lowest BCUT2D eigenvalue weighted by atomic mass is 9.98. The molecule has 7 heteroatoms. The number of nitrogens with zero attached hydrogens (tertiary/aromatic N) is 2. The van der Waals surface area contributed by atoms with E-state index in [1.807, 2.05) is 30.3 Å². The van der Waals surface area contributed by atoms with Crippen LogP contribution in [0.15, 0.2) is 48.5 Å². The van der Waals surface area contributed by atoms with Crippen LogP contribution in [-0.2, 0) is 16.1 Å².